The molecular formula is C26H32N2O4. The summed E-state index contributed by atoms with van der Waals surface area (Å²) in [5, 5.41) is 11.2. The van der Waals surface area contributed by atoms with Crippen molar-refractivity contribution in [3.05, 3.63) is 70.8 Å². The molecule has 6 nitrogen and oxygen atoms in total. The predicted octanol–water partition coefficient (Wildman–Crippen LogP) is 4.16. The van der Waals surface area contributed by atoms with Crippen LogP contribution in [0.4, 0.5) is 0 Å². The van der Waals surface area contributed by atoms with Gasteiger partial charge in [-0.25, -0.2) is 0 Å². The number of ether oxygens (including phenoxy) is 1. The first kappa shape index (κ1) is 23.5. The summed E-state index contributed by atoms with van der Waals surface area (Å²) in [6.07, 6.45) is 0. The van der Waals surface area contributed by atoms with Gasteiger partial charge in [0.25, 0.3) is 11.7 Å². The van der Waals surface area contributed by atoms with Gasteiger partial charge in [-0.3, -0.25) is 9.59 Å². The summed E-state index contributed by atoms with van der Waals surface area (Å²) in [5.74, 6) is -0.817. The molecule has 1 heterocycles. The zero-order valence-electron chi connectivity index (χ0n) is 19.3. The van der Waals surface area contributed by atoms with E-state index < -0.39 is 17.7 Å². The largest absolute Gasteiger partial charge is 0.507 e. The minimum Gasteiger partial charge on any atom is -0.507 e. The Kier molecular flexibility index (Phi) is 7.70. The molecule has 2 aromatic rings. The minimum atomic E-state index is -0.657. The number of carbonyl (C=O) groups is 2. The van der Waals surface area contributed by atoms with Gasteiger partial charge in [0.15, 0.2) is 0 Å². The Bertz CT molecular complexity index is 1010. The third kappa shape index (κ3) is 4.86. The van der Waals surface area contributed by atoms with E-state index in [4.69, 9.17) is 4.74 Å². The number of aliphatic hydroxyl groups excluding tert-OH is 1. The quantitative estimate of drug-likeness (QED) is 0.363. The first-order valence-corrected chi connectivity index (χ1v) is 11.2. The molecule has 0 saturated carbocycles. The molecule has 2 aromatic carbocycles. The second-order valence-electron chi connectivity index (χ2n) is 7.89. The fraction of sp³-hybridized carbons (Fsp3) is 0.385. The molecule has 1 atom stereocenters. The van der Waals surface area contributed by atoms with Crippen LogP contribution in [0.3, 0.4) is 0 Å². The van der Waals surface area contributed by atoms with Crippen molar-refractivity contribution in [2.24, 2.45) is 0 Å². The second kappa shape index (κ2) is 10.5. The lowest BCUT2D eigenvalue weighted by Crippen LogP contribution is -2.38. The number of rotatable bonds is 9. The number of aliphatic hydroxyl groups is 1. The van der Waals surface area contributed by atoms with Crippen LogP contribution in [-0.2, 0) is 9.59 Å². The Labute approximate surface area is 190 Å². The van der Waals surface area contributed by atoms with E-state index in [0.717, 1.165) is 24.2 Å². The summed E-state index contributed by atoms with van der Waals surface area (Å²) >= 11 is 0. The Hall–Kier alpha value is -3.12. The maximum Gasteiger partial charge on any atom is 0.295 e. The Morgan fingerprint density at radius 2 is 1.78 bits per heavy atom. The van der Waals surface area contributed by atoms with Gasteiger partial charge in [0, 0.05) is 18.7 Å². The smallest absolute Gasteiger partial charge is 0.295 e. The Morgan fingerprint density at radius 3 is 2.44 bits per heavy atom. The standard InChI is InChI=1S/C26H32N2O4/c1-5-27(6-2)14-15-28-23(19-11-8-10-18(4)16-19)22(25(30)26(28)31)24(29)20-12-9-13-21(17-20)32-7-3/h8-13,16-17,23,29H,5-7,14-15H2,1-4H3/b24-22-. The average molecular weight is 437 g/mol. The number of ketones is 1. The van der Waals surface area contributed by atoms with Crippen molar-refractivity contribution in [1.29, 1.82) is 0 Å². The highest BCUT2D eigenvalue weighted by molar-refractivity contribution is 6.46. The SMILES string of the molecule is CCOc1cccc(/C(O)=C2/C(=O)C(=O)N(CCN(CC)CC)C2c2cccc(C)c2)c1. The van der Waals surface area contributed by atoms with Crippen LogP contribution in [0.2, 0.25) is 0 Å². The van der Waals surface area contributed by atoms with E-state index in [1.807, 2.05) is 38.1 Å². The number of aryl methyl sites for hydroxylation is 1. The van der Waals surface area contributed by atoms with Crippen LogP contribution in [0, 0.1) is 6.92 Å². The highest BCUT2D eigenvalue weighted by Gasteiger charge is 2.46. The van der Waals surface area contributed by atoms with Crippen LogP contribution >= 0.6 is 0 Å². The summed E-state index contributed by atoms with van der Waals surface area (Å²) in [6.45, 7) is 11.3. The van der Waals surface area contributed by atoms with Crippen LogP contribution in [0.1, 0.15) is 43.5 Å². The van der Waals surface area contributed by atoms with E-state index in [1.165, 1.54) is 0 Å². The van der Waals surface area contributed by atoms with Gasteiger partial charge in [0.2, 0.25) is 0 Å². The molecule has 3 rings (SSSR count). The molecule has 0 aliphatic carbocycles. The molecule has 0 bridgehead atoms. The van der Waals surface area contributed by atoms with Crippen molar-refractivity contribution >= 4 is 17.4 Å². The maximum atomic E-state index is 13.1. The van der Waals surface area contributed by atoms with Crippen LogP contribution < -0.4 is 4.74 Å². The number of benzene rings is 2. The van der Waals surface area contributed by atoms with E-state index in [0.29, 0.717) is 31.0 Å². The van der Waals surface area contributed by atoms with Crippen LogP contribution in [0.15, 0.2) is 54.1 Å². The normalized spacial score (nSPS) is 17.9. The number of hydrogen-bond donors (Lipinski definition) is 1. The van der Waals surface area contributed by atoms with E-state index in [9.17, 15) is 14.7 Å². The molecule has 1 fully saturated rings. The van der Waals surface area contributed by atoms with Crippen molar-refractivity contribution < 1.29 is 19.4 Å². The Balaban J connectivity index is 2.10. The lowest BCUT2D eigenvalue weighted by molar-refractivity contribution is -0.140. The molecular weight excluding hydrogens is 404 g/mol. The van der Waals surface area contributed by atoms with Gasteiger partial charge < -0.3 is 19.6 Å². The van der Waals surface area contributed by atoms with Crippen LogP contribution in [0.25, 0.3) is 5.76 Å². The molecule has 1 N–H and O–H groups in total. The van der Waals surface area contributed by atoms with Crippen molar-refractivity contribution in [3.63, 3.8) is 0 Å². The monoisotopic (exact) mass is 436 g/mol. The lowest BCUT2D eigenvalue weighted by atomic mass is 9.94. The number of carbonyl (C=O) groups excluding carboxylic acids is 2. The molecule has 1 amide bonds. The first-order chi connectivity index (χ1) is 15.4. The highest BCUT2D eigenvalue weighted by Crippen LogP contribution is 2.39. The van der Waals surface area contributed by atoms with Gasteiger partial charge in [-0.05, 0) is 44.6 Å². The van der Waals surface area contributed by atoms with Crippen molar-refractivity contribution in [2.75, 3.05) is 32.8 Å². The predicted molar refractivity (Wildman–Crippen MR) is 126 cm³/mol. The first-order valence-electron chi connectivity index (χ1n) is 11.2. The van der Waals surface area contributed by atoms with E-state index in [2.05, 4.69) is 18.7 Å². The van der Waals surface area contributed by atoms with Gasteiger partial charge in [-0.2, -0.15) is 0 Å². The van der Waals surface area contributed by atoms with E-state index >= 15 is 0 Å². The third-order valence-corrected chi connectivity index (χ3v) is 5.87. The number of likely N-dealkylation sites (tertiary alicyclic amines) is 1. The lowest BCUT2D eigenvalue weighted by Gasteiger charge is -2.28. The van der Waals surface area contributed by atoms with Gasteiger partial charge in [-0.1, -0.05) is 55.8 Å². The number of nitrogens with zero attached hydrogens (tertiary/aromatic N) is 2. The summed E-state index contributed by atoms with van der Waals surface area (Å²) in [5.41, 5.74) is 2.41. The summed E-state index contributed by atoms with van der Waals surface area (Å²) in [7, 11) is 0. The molecule has 170 valence electrons. The molecule has 1 saturated heterocycles. The van der Waals surface area contributed by atoms with E-state index in [-0.39, 0.29) is 11.3 Å². The summed E-state index contributed by atoms with van der Waals surface area (Å²) in [4.78, 5) is 30.0. The number of amides is 1. The fourth-order valence-electron chi connectivity index (χ4n) is 4.14. The van der Waals surface area contributed by atoms with Crippen molar-refractivity contribution in [2.45, 2.75) is 33.7 Å². The van der Waals surface area contributed by atoms with Gasteiger partial charge in [-0.15, -0.1) is 0 Å². The van der Waals surface area contributed by atoms with Gasteiger partial charge in [0.1, 0.15) is 11.5 Å². The van der Waals surface area contributed by atoms with Gasteiger partial charge in [0.05, 0.1) is 18.2 Å². The molecule has 6 heteroatoms. The highest BCUT2D eigenvalue weighted by atomic mass is 16.5. The Morgan fingerprint density at radius 1 is 1.06 bits per heavy atom. The van der Waals surface area contributed by atoms with Gasteiger partial charge >= 0.3 is 0 Å². The number of Topliss-reactive ketones (excluding diaryl/α,β-unsaturated/α-hetero) is 1. The molecule has 0 radical (unpaired) electrons. The zero-order chi connectivity index (χ0) is 23.3. The molecule has 0 spiro atoms. The molecule has 1 unspecified atom stereocenters. The van der Waals surface area contributed by atoms with Crippen molar-refractivity contribution in [3.8, 4) is 5.75 Å². The molecule has 1 aliphatic rings. The summed E-state index contributed by atoms with van der Waals surface area (Å²) in [6, 6.07) is 14.1. The maximum absolute atomic E-state index is 13.1. The average Bonchev–Trinajstić information content (AvgIpc) is 3.04. The third-order valence-electron chi connectivity index (χ3n) is 5.87. The fourth-order valence-corrected chi connectivity index (χ4v) is 4.14. The molecule has 0 aromatic heterocycles. The molecule has 1 aliphatic heterocycles. The number of hydrogen-bond acceptors (Lipinski definition) is 5. The minimum absolute atomic E-state index is 0.119. The van der Waals surface area contributed by atoms with E-state index in [1.54, 1.807) is 29.2 Å². The van der Waals surface area contributed by atoms with Crippen molar-refractivity contribution in [1.82, 2.24) is 9.80 Å². The molecule has 32 heavy (non-hydrogen) atoms. The van der Waals surface area contributed by atoms with Crippen LogP contribution in [-0.4, -0.2) is 59.4 Å². The van der Waals surface area contributed by atoms with Crippen LogP contribution in [0.5, 0.6) is 5.75 Å². The topological polar surface area (TPSA) is 70.1 Å². The zero-order valence-corrected chi connectivity index (χ0v) is 19.3. The summed E-state index contributed by atoms with van der Waals surface area (Å²) < 4.78 is 5.54. The second-order valence-corrected chi connectivity index (χ2v) is 7.89. The number of likely N-dealkylation sites (N-methyl/N-ethyl adjacent to an activating group) is 1.